The molecule has 1 saturated heterocycles. The second-order valence-corrected chi connectivity index (χ2v) is 3.32. The Hall–Kier alpha value is -1.16. The zero-order valence-electron chi connectivity index (χ0n) is 7.75. The number of hydrogen-bond acceptors (Lipinski definition) is 4. The molecular weight excluding hydrogens is 164 g/mol. The van der Waals surface area contributed by atoms with E-state index in [-0.39, 0.29) is 0 Å². The fourth-order valence-electron chi connectivity index (χ4n) is 1.52. The maximum Gasteiger partial charge on any atom is 0.147 e. The number of anilines is 1. The highest BCUT2D eigenvalue weighted by Crippen LogP contribution is 2.10. The Morgan fingerprint density at radius 3 is 3.00 bits per heavy atom. The van der Waals surface area contributed by atoms with Crippen LogP contribution in [0.1, 0.15) is 12.1 Å². The van der Waals surface area contributed by atoms with Crippen molar-refractivity contribution in [2.24, 2.45) is 0 Å². The summed E-state index contributed by atoms with van der Waals surface area (Å²) in [5.41, 5.74) is 0.967. The SMILES string of the molecule is Cc1nccnc1NC1CCNC1. The number of hydrogen-bond donors (Lipinski definition) is 2. The van der Waals surface area contributed by atoms with E-state index in [9.17, 15) is 0 Å². The Morgan fingerprint density at radius 2 is 2.31 bits per heavy atom. The number of aromatic nitrogens is 2. The molecule has 1 aliphatic rings. The number of nitrogens with zero attached hydrogens (tertiary/aromatic N) is 2. The summed E-state index contributed by atoms with van der Waals surface area (Å²) < 4.78 is 0. The molecule has 0 saturated carbocycles. The first kappa shape index (κ1) is 8.44. The Balaban J connectivity index is 2.04. The van der Waals surface area contributed by atoms with Gasteiger partial charge in [0.1, 0.15) is 5.82 Å². The quantitative estimate of drug-likeness (QED) is 0.694. The number of rotatable bonds is 2. The summed E-state index contributed by atoms with van der Waals surface area (Å²) in [6, 6.07) is 0.510. The van der Waals surface area contributed by atoms with Crippen LogP contribution in [0.3, 0.4) is 0 Å². The zero-order chi connectivity index (χ0) is 9.10. The van der Waals surface area contributed by atoms with Crippen molar-refractivity contribution in [3.05, 3.63) is 18.1 Å². The van der Waals surface area contributed by atoms with Gasteiger partial charge >= 0.3 is 0 Å². The Labute approximate surface area is 77.8 Å². The van der Waals surface area contributed by atoms with E-state index in [0.29, 0.717) is 6.04 Å². The second-order valence-electron chi connectivity index (χ2n) is 3.32. The summed E-state index contributed by atoms with van der Waals surface area (Å²) in [4.78, 5) is 8.42. The molecule has 0 spiro atoms. The summed E-state index contributed by atoms with van der Waals surface area (Å²) in [5.74, 6) is 0.913. The fraction of sp³-hybridized carbons (Fsp3) is 0.556. The highest BCUT2D eigenvalue weighted by Gasteiger charge is 2.14. The minimum atomic E-state index is 0.510. The normalized spacial score (nSPS) is 21.8. The van der Waals surface area contributed by atoms with Crippen molar-refractivity contribution in [2.75, 3.05) is 18.4 Å². The van der Waals surface area contributed by atoms with Gasteiger partial charge in [-0.05, 0) is 19.9 Å². The Kier molecular flexibility index (Phi) is 2.40. The van der Waals surface area contributed by atoms with Gasteiger partial charge in [-0.2, -0.15) is 0 Å². The maximum absolute atomic E-state index is 4.24. The van der Waals surface area contributed by atoms with Gasteiger partial charge in [0, 0.05) is 25.0 Å². The summed E-state index contributed by atoms with van der Waals surface area (Å²) in [5, 5.41) is 6.67. The summed E-state index contributed by atoms with van der Waals surface area (Å²) in [6.45, 7) is 4.09. The minimum Gasteiger partial charge on any atom is -0.365 e. The smallest absolute Gasteiger partial charge is 0.147 e. The molecule has 4 nitrogen and oxygen atoms in total. The van der Waals surface area contributed by atoms with Crippen molar-refractivity contribution in [3.8, 4) is 0 Å². The van der Waals surface area contributed by atoms with E-state index in [0.717, 1.165) is 31.0 Å². The molecule has 70 valence electrons. The third-order valence-electron chi connectivity index (χ3n) is 2.28. The van der Waals surface area contributed by atoms with Crippen LogP contribution in [0, 0.1) is 6.92 Å². The van der Waals surface area contributed by atoms with Crippen LogP contribution in [0.5, 0.6) is 0 Å². The van der Waals surface area contributed by atoms with Gasteiger partial charge in [0.05, 0.1) is 5.69 Å². The van der Waals surface area contributed by atoms with Crippen LogP contribution in [0.25, 0.3) is 0 Å². The molecule has 4 heteroatoms. The molecule has 0 aromatic carbocycles. The highest BCUT2D eigenvalue weighted by molar-refractivity contribution is 5.39. The largest absolute Gasteiger partial charge is 0.365 e. The average Bonchev–Trinajstić information content (AvgIpc) is 2.61. The highest BCUT2D eigenvalue weighted by atomic mass is 15.1. The van der Waals surface area contributed by atoms with Crippen molar-refractivity contribution >= 4 is 5.82 Å². The summed E-state index contributed by atoms with van der Waals surface area (Å²) >= 11 is 0. The van der Waals surface area contributed by atoms with Gasteiger partial charge in [0.15, 0.2) is 0 Å². The van der Waals surface area contributed by atoms with Crippen LogP contribution in [0.4, 0.5) is 5.82 Å². The number of aryl methyl sites for hydroxylation is 1. The molecule has 2 N–H and O–H groups in total. The first-order valence-electron chi connectivity index (χ1n) is 4.61. The molecule has 2 rings (SSSR count). The molecule has 1 aromatic heterocycles. The van der Waals surface area contributed by atoms with Crippen molar-refractivity contribution in [3.63, 3.8) is 0 Å². The monoisotopic (exact) mass is 178 g/mol. The molecule has 1 atom stereocenters. The molecule has 2 heterocycles. The predicted molar refractivity (Wildman–Crippen MR) is 51.7 cm³/mol. The lowest BCUT2D eigenvalue weighted by Gasteiger charge is -2.12. The van der Waals surface area contributed by atoms with E-state index < -0.39 is 0 Å². The van der Waals surface area contributed by atoms with Gasteiger partial charge in [-0.15, -0.1) is 0 Å². The lowest BCUT2D eigenvalue weighted by Crippen LogP contribution is -2.23. The molecule has 0 aliphatic carbocycles. The van der Waals surface area contributed by atoms with E-state index in [1.807, 2.05) is 6.92 Å². The van der Waals surface area contributed by atoms with Gasteiger partial charge in [0.2, 0.25) is 0 Å². The third kappa shape index (κ3) is 1.95. The Bertz CT molecular complexity index is 281. The third-order valence-corrected chi connectivity index (χ3v) is 2.28. The molecule has 0 bridgehead atoms. The minimum absolute atomic E-state index is 0.510. The van der Waals surface area contributed by atoms with Gasteiger partial charge < -0.3 is 10.6 Å². The topological polar surface area (TPSA) is 49.8 Å². The average molecular weight is 178 g/mol. The number of nitrogens with one attached hydrogen (secondary N) is 2. The molecule has 0 amide bonds. The standard InChI is InChI=1S/C9H14N4/c1-7-9(12-5-4-11-7)13-8-2-3-10-6-8/h4-5,8,10H,2-3,6H2,1H3,(H,12,13). The van der Waals surface area contributed by atoms with Crippen molar-refractivity contribution < 1.29 is 0 Å². The summed E-state index contributed by atoms with van der Waals surface area (Å²) in [6.07, 6.45) is 4.60. The molecule has 1 unspecified atom stereocenters. The van der Waals surface area contributed by atoms with Crippen LogP contribution >= 0.6 is 0 Å². The van der Waals surface area contributed by atoms with Gasteiger partial charge in [0.25, 0.3) is 0 Å². The van der Waals surface area contributed by atoms with Gasteiger partial charge in [-0.3, -0.25) is 4.98 Å². The first-order chi connectivity index (χ1) is 6.36. The molecule has 13 heavy (non-hydrogen) atoms. The van der Waals surface area contributed by atoms with E-state index in [1.165, 1.54) is 0 Å². The molecule has 1 aromatic rings. The van der Waals surface area contributed by atoms with E-state index >= 15 is 0 Å². The van der Waals surface area contributed by atoms with Crippen molar-refractivity contribution in [2.45, 2.75) is 19.4 Å². The van der Waals surface area contributed by atoms with Crippen LogP contribution in [-0.4, -0.2) is 29.1 Å². The van der Waals surface area contributed by atoms with Crippen LogP contribution < -0.4 is 10.6 Å². The molecular formula is C9H14N4. The predicted octanol–water partition coefficient (Wildman–Crippen LogP) is 0.559. The second kappa shape index (κ2) is 3.70. The van der Waals surface area contributed by atoms with E-state index in [1.54, 1.807) is 12.4 Å². The fourth-order valence-corrected chi connectivity index (χ4v) is 1.52. The summed E-state index contributed by atoms with van der Waals surface area (Å²) in [7, 11) is 0. The first-order valence-corrected chi connectivity index (χ1v) is 4.61. The van der Waals surface area contributed by atoms with Crippen molar-refractivity contribution in [1.82, 2.24) is 15.3 Å². The van der Waals surface area contributed by atoms with Gasteiger partial charge in [-0.25, -0.2) is 4.98 Å². The Morgan fingerprint density at radius 1 is 1.46 bits per heavy atom. The van der Waals surface area contributed by atoms with Crippen LogP contribution in [0.2, 0.25) is 0 Å². The van der Waals surface area contributed by atoms with E-state index in [2.05, 4.69) is 20.6 Å². The van der Waals surface area contributed by atoms with Crippen LogP contribution in [-0.2, 0) is 0 Å². The zero-order valence-corrected chi connectivity index (χ0v) is 7.75. The lowest BCUT2D eigenvalue weighted by atomic mass is 10.2. The lowest BCUT2D eigenvalue weighted by molar-refractivity contribution is 0.784. The van der Waals surface area contributed by atoms with Crippen LogP contribution in [0.15, 0.2) is 12.4 Å². The molecule has 1 fully saturated rings. The van der Waals surface area contributed by atoms with E-state index in [4.69, 9.17) is 0 Å². The maximum atomic E-state index is 4.24. The van der Waals surface area contributed by atoms with Crippen molar-refractivity contribution in [1.29, 1.82) is 0 Å². The van der Waals surface area contributed by atoms with Gasteiger partial charge in [-0.1, -0.05) is 0 Å². The molecule has 0 radical (unpaired) electrons. The molecule has 1 aliphatic heterocycles.